The number of nitrogens with zero attached hydrogens (tertiary/aromatic N) is 4. The van der Waals surface area contributed by atoms with Crippen LogP contribution < -0.4 is 14.8 Å². The summed E-state index contributed by atoms with van der Waals surface area (Å²) < 4.78 is 10.5. The summed E-state index contributed by atoms with van der Waals surface area (Å²) in [4.78, 5) is 14.2. The largest absolute Gasteiger partial charge is 0.497 e. The van der Waals surface area contributed by atoms with Gasteiger partial charge in [0.25, 0.3) is 0 Å². The number of benzene rings is 3. The monoisotopic (exact) mass is 429 g/mol. The number of amides is 1. The lowest BCUT2D eigenvalue weighted by Crippen LogP contribution is -2.32. The molecule has 0 saturated heterocycles. The molecule has 0 aliphatic rings. The molecule has 0 saturated carbocycles. The molecule has 0 bridgehead atoms. The zero-order valence-corrected chi connectivity index (χ0v) is 17.8. The zero-order valence-electron chi connectivity index (χ0n) is 17.8. The van der Waals surface area contributed by atoms with Crippen LogP contribution in [0.2, 0.25) is 0 Å². The van der Waals surface area contributed by atoms with Gasteiger partial charge in [0.05, 0.1) is 20.3 Å². The highest BCUT2D eigenvalue weighted by molar-refractivity contribution is 5.76. The van der Waals surface area contributed by atoms with Crippen molar-refractivity contribution in [2.24, 2.45) is 0 Å². The van der Waals surface area contributed by atoms with E-state index in [4.69, 9.17) is 9.47 Å². The van der Waals surface area contributed by atoms with E-state index in [-0.39, 0.29) is 18.5 Å². The number of methoxy groups -OCH3 is 2. The van der Waals surface area contributed by atoms with Gasteiger partial charge in [-0.05, 0) is 40.6 Å². The van der Waals surface area contributed by atoms with E-state index < -0.39 is 0 Å². The Morgan fingerprint density at radius 2 is 1.44 bits per heavy atom. The van der Waals surface area contributed by atoms with Crippen molar-refractivity contribution in [1.29, 1.82) is 0 Å². The Morgan fingerprint density at radius 1 is 0.875 bits per heavy atom. The van der Waals surface area contributed by atoms with Crippen LogP contribution in [0.1, 0.15) is 17.2 Å². The van der Waals surface area contributed by atoms with Gasteiger partial charge in [0, 0.05) is 5.56 Å². The van der Waals surface area contributed by atoms with Crippen molar-refractivity contribution in [3.63, 3.8) is 0 Å². The van der Waals surface area contributed by atoms with Gasteiger partial charge < -0.3 is 14.8 Å². The average Bonchev–Trinajstić information content (AvgIpc) is 3.32. The van der Waals surface area contributed by atoms with Crippen LogP contribution >= 0.6 is 0 Å². The molecule has 32 heavy (non-hydrogen) atoms. The summed E-state index contributed by atoms with van der Waals surface area (Å²) in [6.07, 6.45) is 0. The lowest BCUT2D eigenvalue weighted by molar-refractivity contribution is -0.122. The number of tetrazole rings is 1. The molecule has 0 radical (unpaired) electrons. The summed E-state index contributed by atoms with van der Waals surface area (Å²) in [6, 6.07) is 24.3. The number of rotatable bonds is 8. The van der Waals surface area contributed by atoms with Crippen molar-refractivity contribution in [1.82, 2.24) is 25.5 Å². The average molecular weight is 429 g/mol. The van der Waals surface area contributed by atoms with Crippen molar-refractivity contribution in [3.8, 4) is 22.9 Å². The van der Waals surface area contributed by atoms with E-state index in [1.165, 1.54) is 4.80 Å². The summed E-state index contributed by atoms with van der Waals surface area (Å²) in [7, 11) is 3.24. The number of carbonyl (C=O) groups is 1. The lowest BCUT2D eigenvalue weighted by Gasteiger charge is -2.20. The quantitative estimate of drug-likeness (QED) is 0.462. The third kappa shape index (κ3) is 4.92. The molecule has 4 rings (SSSR count). The van der Waals surface area contributed by atoms with Crippen LogP contribution in [0.5, 0.6) is 11.5 Å². The summed E-state index contributed by atoms with van der Waals surface area (Å²) in [5.41, 5.74) is 2.68. The fourth-order valence-corrected chi connectivity index (χ4v) is 3.30. The maximum Gasteiger partial charge on any atom is 0.244 e. The van der Waals surface area contributed by atoms with E-state index in [0.29, 0.717) is 5.82 Å². The fourth-order valence-electron chi connectivity index (χ4n) is 3.30. The normalized spacial score (nSPS) is 10.7. The van der Waals surface area contributed by atoms with Gasteiger partial charge in [-0.2, -0.15) is 4.80 Å². The molecule has 4 aromatic rings. The fraction of sp³-hybridized carbons (Fsp3) is 0.167. The Hall–Kier alpha value is -4.20. The van der Waals surface area contributed by atoms with Crippen LogP contribution in [0.15, 0.2) is 78.9 Å². The Balaban J connectivity index is 1.53. The molecule has 0 aliphatic carbocycles. The minimum atomic E-state index is -0.364. The number of aromatic nitrogens is 4. The first-order valence-electron chi connectivity index (χ1n) is 10.1. The molecular weight excluding hydrogens is 406 g/mol. The van der Waals surface area contributed by atoms with E-state index in [1.54, 1.807) is 14.2 Å². The second-order valence-corrected chi connectivity index (χ2v) is 7.06. The molecule has 1 aromatic heterocycles. The summed E-state index contributed by atoms with van der Waals surface area (Å²) in [5, 5.41) is 15.5. The molecule has 3 aromatic carbocycles. The van der Waals surface area contributed by atoms with Gasteiger partial charge in [0.1, 0.15) is 18.0 Å². The molecule has 162 valence electrons. The number of nitrogens with one attached hydrogen (secondary N) is 1. The van der Waals surface area contributed by atoms with Gasteiger partial charge >= 0.3 is 0 Å². The topological polar surface area (TPSA) is 91.2 Å². The van der Waals surface area contributed by atoms with Gasteiger partial charge in [-0.1, -0.05) is 54.6 Å². The minimum Gasteiger partial charge on any atom is -0.497 e. The Morgan fingerprint density at radius 3 is 1.97 bits per heavy atom. The van der Waals surface area contributed by atoms with Crippen molar-refractivity contribution in [3.05, 3.63) is 90.0 Å². The highest BCUT2D eigenvalue weighted by Gasteiger charge is 2.18. The third-order valence-electron chi connectivity index (χ3n) is 4.97. The van der Waals surface area contributed by atoms with Gasteiger partial charge in [-0.3, -0.25) is 4.79 Å². The summed E-state index contributed by atoms with van der Waals surface area (Å²) >= 11 is 0. The molecule has 8 nitrogen and oxygen atoms in total. The lowest BCUT2D eigenvalue weighted by atomic mass is 9.98. The molecule has 1 heterocycles. The molecule has 0 fully saturated rings. The van der Waals surface area contributed by atoms with Gasteiger partial charge in [0.2, 0.25) is 11.7 Å². The standard InChI is InChI=1S/C24H23N5O3/c1-31-20-12-8-17(9-13-20)23(18-10-14-21(32-2)15-11-18)25-22(30)16-29-27-24(26-28-29)19-6-4-3-5-7-19/h3-15,23H,16H2,1-2H3,(H,25,30). The molecular formula is C24H23N5O3. The molecule has 0 atom stereocenters. The molecule has 0 aliphatic heterocycles. The van der Waals surface area contributed by atoms with Gasteiger partial charge in [-0.15, -0.1) is 10.2 Å². The maximum absolute atomic E-state index is 12.9. The first-order valence-corrected chi connectivity index (χ1v) is 10.1. The van der Waals surface area contributed by atoms with E-state index >= 15 is 0 Å². The van der Waals surface area contributed by atoms with E-state index in [0.717, 1.165) is 28.2 Å². The third-order valence-corrected chi connectivity index (χ3v) is 4.97. The maximum atomic E-state index is 12.9. The Kier molecular flexibility index (Phi) is 6.41. The Labute approximate surface area is 185 Å². The minimum absolute atomic E-state index is 0.0529. The van der Waals surface area contributed by atoms with Gasteiger partial charge in [0.15, 0.2) is 0 Å². The predicted molar refractivity (Wildman–Crippen MR) is 119 cm³/mol. The second-order valence-electron chi connectivity index (χ2n) is 7.06. The van der Waals surface area contributed by atoms with E-state index in [1.807, 2.05) is 78.9 Å². The first kappa shape index (κ1) is 21.0. The molecule has 1 amide bonds. The molecule has 1 N–H and O–H groups in total. The SMILES string of the molecule is COc1ccc(C(NC(=O)Cn2nnc(-c3ccccc3)n2)c2ccc(OC)cc2)cc1. The van der Waals surface area contributed by atoms with E-state index in [9.17, 15) is 4.79 Å². The van der Waals surface area contributed by atoms with Crippen LogP contribution in [0, 0.1) is 0 Å². The summed E-state index contributed by atoms with van der Waals surface area (Å²) in [6.45, 7) is -0.0529. The van der Waals surface area contributed by atoms with Crippen LogP contribution in [0.3, 0.4) is 0 Å². The van der Waals surface area contributed by atoms with Crippen LogP contribution in [0.25, 0.3) is 11.4 Å². The van der Waals surface area contributed by atoms with Crippen molar-refractivity contribution < 1.29 is 14.3 Å². The number of hydrogen-bond donors (Lipinski definition) is 1. The first-order chi connectivity index (χ1) is 15.7. The predicted octanol–water partition coefficient (Wildman–Crippen LogP) is 3.26. The number of ether oxygens (including phenoxy) is 2. The molecule has 0 spiro atoms. The highest BCUT2D eigenvalue weighted by atomic mass is 16.5. The van der Waals surface area contributed by atoms with Gasteiger partial charge in [-0.25, -0.2) is 0 Å². The highest BCUT2D eigenvalue weighted by Crippen LogP contribution is 2.26. The van der Waals surface area contributed by atoms with Crippen molar-refractivity contribution in [2.75, 3.05) is 14.2 Å². The Bertz CT molecular complexity index is 1110. The molecule has 8 heteroatoms. The summed E-state index contributed by atoms with van der Waals surface area (Å²) in [5.74, 6) is 1.72. The van der Waals surface area contributed by atoms with Crippen LogP contribution in [0.4, 0.5) is 0 Å². The number of carbonyl (C=O) groups excluding carboxylic acids is 1. The van der Waals surface area contributed by atoms with E-state index in [2.05, 4.69) is 20.7 Å². The molecule has 0 unspecified atom stereocenters. The smallest absolute Gasteiger partial charge is 0.244 e. The van der Waals surface area contributed by atoms with Crippen LogP contribution in [-0.2, 0) is 11.3 Å². The second kappa shape index (κ2) is 9.74. The van der Waals surface area contributed by atoms with Crippen molar-refractivity contribution in [2.45, 2.75) is 12.6 Å². The van der Waals surface area contributed by atoms with Crippen molar-refractivity contribution >= 4 is 5.91 Å². The number of hydrogen-bond acceptors (Lipinski definition) is 6. The van der Waals surface area contributed by atoms with Crippen LogP contribution in [-0.4, -0.2) is 40.3 Å². The zero-order chi connectivity index (χ0) is 22.3.